The van der Waals surface area contributed by atoms with Crippen LogP contribution in [-0.2, 0) is 4.84 Å². The summed E-state index contributed by atoms with van der Waals surface area (Å²) in [5.74, 6) is 5.44. The predicted octanol–water partition coefficient (Wildman–Crippen LogP) is 2.54. The Kier molecular flexibility index (Phi) is 3.08. The van der Waals surface area contributed by atoms with Crippen LogP contribution in [0.2, 0.25) is 0 Å². The molecule has 0 fully saturated rings. The second-order valence-corrected chi connectivity index (χ2v) is 3.95. The molecule has 3 heteroatoms. The summed E-state index contributed by atoms with van der Waals surface area (Å²) in [4.78, 5) is 4.65. The number of aromatic hydroxyl groups is 1. The molecule has 0 saturated heterocycles. The Morgan fingerprint density at radius 3 is 2.75 bits per heavy atom. The quantitative estimate of drug-likeness (QED) is 0.777. The van der Waals surface area contributed by atoms with Crippen LogP contribution in [0, 0.1) is 0 Å². The van der Waals surface area contributed by atoms with Gasteiger partial charge in [0.15, 0.2) is 0 Å². The predicted molar refractivity (Wildman–Crippen MR) is 64.2 cm³/mol. The van der Waals surface area contributed by atoms with Crippen LogP contribution < -0.4 is 5.90 Å². The Bertz CT molecular complexity index is 496. The number of phenolic OH excluding ortho intramolecular Hbond substituents is 1. The molecule has 0 spiro atoms. The molecule has 2 aromatic carbocycles. The molecule has 0 aromatic heterocycles. The van der Waals surface area contributed by atoms with Crippen molar-refractivity contribution < 1.29 is 9.94 Å². The molecule has 0 amide bonds. The van der Waals surface area contributed by atoms with Gasteiger partial charge in [0.25, 0.3) is 0 Å². The highest BCUT2D eigenvalue weighted by atomic mass is 16.6. The largest absolute Gasteiger partial charge is 0.508 e. The summed E-state index contributed by atoms with van der Waals surface area (Å²) in [5, 5.41) is 12.1. The fourth-order valence-corrected chi connectivity index (χ4v) is 2.03. The Morgan fingerprint density at radius 2 is 2.00 bits per heavy atom. The van der Waals surface area contributed by atoms with Crippen molar-refractivity contribution in [1.82, 2.24) is 0 Å². The first-order valence-electron chi connectivity index (χ1n) is 5.26. The standard InChI is InChI=1S/C13H15NO2/c1-9(8-16-14)13-11-5-3-2-4-10(11)6-7-12(13)15/h2-7,9,15H,8,14H2,1H3. The first-order chi connectivity index (χ1) is 7.74. The van der Waals surface area contributed by atoms with Gasteiger partial charge in [0.2, 0.25) is 0 Å². The Labute approximate surface area is 94.4 Å². The lowest BCUT2D eigenvalue weighted by molar-refractivity contribution is 0.126. The number of hydrogen-bond acceptors (Lipinski definition) is 3. The van der Waals surface area contributed by atoms with Gasteiger partial charge in [0.05, 0.1) is 6.61 Å². The molecule has 0 saturated carbocycles. The zero-order valence-electron chi connectivity index (χ0n) is 9.18. The van der Waals surface area contributed by atoms with Gasteiger partial charge in [-0.2, -0.15) is 0 Å². The topological polar surface area (TPSA) is 55.5 Å². The van der Waals surface area contributed by atoms with Crippen molar-refractivity contribution >= 4 is 10.8 Å². The van der Waals surface area contributed by atoms with Crippen molar-refractivity contribution in [3.63, 3.8) is 0 Å². The van der Waals surface area contributed by atoms with E-state index >= 15 is 0 Å². The monoisotopic (exact) mass is 217 g/mol. The average Bonchev–Trinajstić information content (AvgIpc) is 2.29. The normalized spacial score (nSPS) is 12.9. The lowest BCUT2D eigenvalue weighted by Crippen LogP contribution is -2.09. The fourth-order valence-electron chi connectivity index (χ4n) is 2.03. The van der Waals surface area contributed by atoms with Crippen LogP contribution in [0.5, 0.6) is 5.75 Å². The van der Waals surface area contributed by atoms with Gasteiger partial charge < -0.3 is 9.94 Å². The summed E-state index contributed by atoms with van der Waals surface area (Å²) in [6, 6.07) is 11.6. The minimum absolute atomic E-state index is 0.0658. The van der Waals surface area contributed by atoms with E-state index in [1.54, 1.807) is 6.07 Å². The van der Waals surface area contributed by atoms with Gasteiger partial charge in [-0.05, 0) is 16.8 Å². The van der Waals surface area contributed by atoms with E-state index in [2.05, 4.69) is 4.84 Å². The highest BCUT2D eigenvalue weighted by Crippen LogP contribution is 2.33. The van der Waals surface area contributed by atoms with Crippen LogP contribution in [0.4, 0.5) is 0 Å². The summed E-state index contributed by atoms with van der Waals surface area (Å²) in [6.45, 7) is 2.37. The average molecular weight is 217 g/mol. The van der Waals surface area contributed by atoms with Gasteiger partial charge in [0.1, 0.15) is 5.75 Å². The first-order valence-corrected chi connectivity index (χ1v) is 5.26. The third-order valence-electron chi connectivity index (χ3n) is 2.79. The van der Waals surface area contributed by atoms with E-state index in [-0.39, 0.29) is 5.92 Å². The number of hydrogen-bond donors (Lipinski definition) is 2. The molecule has 1 unspecified atom stereocenters. The fraction of sp³-hybridized carbons (Fsp3) is 0.231. The lowest BCUT2D eigenvalue weighted by atomic mass is 9.94. The van der Waals surface area contributed by atoms with E-state index in [0.717, 1.165) is 16.3 Å². The Balaban J connectivity index is 2.61. The summed E-state index contributed by atoms with van der Waals surface area (Å²) < 4.78 is 0. The van der Waals surface area contributed by atoms with Gasteiger partial charge >= 0.3 is 0 Å². The van der Waals surface area contributed by atoms with Crippen molar-refractivity contribution in [1.29, 1.82) is 0 Å². The smallest absolute Gasteiger partial charge is 0.119 e. The first kappa shape index (κ1) is 10.9. The number of fused-ring (bicyclic) bond motifs is 1. The molecule has 0 heterocycles. The molecule has 0 bridgehead atoms. The van der Waals surface area contributed by atoms with Crippen LogP contribution >= 0.6 is 0 Å². The summed E-state index contributed by atoms with van der Waals surface area (Å²) in [5.41, 5.74) is 0.892. The van der Waals surface area contributed by atoms with Crippen LogP contribution in [0.25, 0.3) is 10.8 Å². The molecule has 2 aromatic rings. The van der Waals surface area contributed by atoms with Crippen LogP contribution in [0.1, 0.15) is 18.4 Å². The molecule has 16 heavy (non-hydrogen) atoms. The maximum absolute atomic E-state index is 9.91. The Morgan fingerprint density at radius 1 is 1.25 bits per heavy atom. The van der Waals surface area contributed by atoms with Crippen molar-refractivity contribution in [3.8, 4) is 5.75 Å². The highest BCUT2D eigenvalue weighted by Gasteiger charge is 2.13. The minimum atomic E-state index is 0.0658. The van der Waals surface area contributed by atoms with Gasteiger partial charge in [-0.3, -0.25) is 0 Å². The maximum Gasteiger partial charge on any atom is 0.119 e. The summed E-state index contributed by atoms with van der Waals surface area (Å²) in [6.07, 6.45) is 0. The molecule has 0 aliphatic rings. The van der Waals surface area contributed by atoms with Crippen LogP contribution in [0.15, 0.2) is 36.4 Å². The molecule has 0 aliphatic heterocycles. The molecule has 84 valence electrons. The molecule has 1 atom stereocenters. The zero-order valence-corrected chi connectivity index (χ0v) is 9.18. The van der Waals surface area contributed by atoms with Crippen LogP contribution in [-0.4, -0.2) is 11.7 Å². The second-order valence-electron chi connectivity index (χ2n) is 3.95. The molecule has 2 rings (SSSR count). The molecular weight excluding hydrogens is 202 g/mol. The zero-order chi connectivity index (χ0) is 11.5. The molecule has 3 nitrogen and oxygen atoms in total. The van der Waals surface area contributed by atoms with Crippen molar-refractivity contribution in [2.45, 2.75) is 12.8 Å². The lowest BCUT2D eigenvalue weighted by Gasteiger charge is -2.15. The van der Waals surface area contributed by atoms with E-state index < -0.39 is 0 Å². The van der Waals surface area contributed by atoms with Crippen molar-refractivity contribution in [2.75, 3.05) is 6.61 Å². The van der Waals surface area contributed by atoms with Gasteiger partial charge in [-0.25, -0.2) is 5.90 Å². The van der Waals surface area contributed by atoms with Gasteiger partial charge in [-0.1, -0.05) is 37.3 Å². The third-order valence-corrected chi connectivity index (χ3v) is 2.79. The van der Waals surface area contributed by atoms with E-state index in [9.17, 15) is 5.11 Å². The number of rotatable bonds is 3. The number of benzene rings is 2. The van der Waals surface area contributed by atoms with E-state index in [1.165, 1.54) is 0 Å². The highest BCUT2D eigenvalue weighted by molar-refractivity contribution is 5.88. The summed E-state index contributed by atoms with van der Waals surface area (Å²) in [7, 11) is 0. The van der Waals surface area contributed by atoms with E-state index in [1.807, 2.05) is 37.3 Å². The van der Waals surface area contributed by atoms with E-state index in [0.29, 0.717) is 12.4 Å². The van der Waals surface area contributed by atoms with Crippen LogP contribution in [0.3, 0.4) is 0 Å². The minimum Gasteiger partial charge on any atom is -0.508 e. The number of nitrogens with two attached hydrogens (primary N) is 1. The molecular formula is C13H15NO2. The van der Waals surface area contributed by atoms with Gasteiger partial charge in [-0.15, -0.1) is 0 Å². The van der Waals surface area contributed by atoms with Crippen molar-refractivity contribution in [3.05, 3.63) is 42.0 Å². The maximum atomic E-state index is 9.91. The Hall–Kier alpha value is -1.58. The van der Waals surface area contributed by atoms with Crippen molar-refractivity contribution in [2.24, 2.45) is 5.90 Å². The summed E-state index contributed by atoms with van der Waals surface area (Å²) >= 11 is 0. The second kappa shape index (κ2) is 4.51. The van der Waals surface area contributed by atoms with Gasteiger partial charge in [0, 0.05) is 11.5 Å². The third kappa shape index (κ3) is 1.87. The van der Waals surface area contributed by atoms with E-state index in [4.69, 9.17) is 5.90 Å². The molecule has 3 N–H and O–H groups in total. The SMILES string of the molecule is CC(CON)c1c(O)ccc2ccccc12. The molecule has 0 radical (unpaired) electrons. The number of phenols is 1. The molecule has 0 aliphatic carbocycles.